The minimum atomic E-state index is -3.73. The van der Waals surface area contributed by atoms with Crippen molar-refractivity contribution in [2.24, 2.45) is 0 Å². The number of rotatable bonds is 10. The number of esters is 1. The number of amides is 1. The topological polar surface area (TPSA) is 87.2 Å². The number of carbonyl (C=O) groups excluding carboxylic acids is 2. The molecule has 1 aliphatic heterocycles. The number of sulfonamides is 1. The maximum absolute atomic E-state index is 13.2. The first-order valence-corrected chi connectivity index (χ1v) is 14.1. The zero-order chi connectivity index (χ0) is 24.7. The molecule has 0 bridgehead atoms. The van der Waals surface area contributed by atoms with Gasteiger partial charge in [0.05, 0.1) is 16.1 Å². The first-order chi connectivity index (χ1) is 16.3. The summed E-state index contributed by atoms with van der Waals surface area (Å²) in [5.74, 6) is -0.857. The van der Waals surface area contributed by atoms with E-state index in [4.69, 9.17) is 4.74 Å². The van der Waals surface area contributed by atoms with E-state index in [9.17, 15) is 18.0 Å². The molecule has 0 spiro atoms. The molecule has 1 saturated carbocycles. The van der Waals surface area contributed by atoms with E-state index in [0.29, 0.717) is 25.3 Å². The normalized spacial score (nSPS) is 17.2. The van der Waals surface area contributed by atoms with Gasteiger partial charge in [0, 0.05) is 38.8 Å². The zero-order valence-corrected chi connectivity index (χ0v) is 21.6. The smallest absolute Gasteiger partial charge is 0.340 e. The molecular weight excluding hydrogens is 454 g/mol. The Labute approximate surface area is 204 Å². The van der Waals surface area contributed by atoms with E-state index in [0.717, 1.165) is 51.6 Å². The lowest BCUT2D eigenvalue weighted by Gasteiger charge is -2.33. The first-order valence-electron chi connectivity index (χ1n) is 12.7. The molecule has 1 saturated heterocycles. The van der Waals surface area contributed by atoms with Crippen LogP contribution in [-0.2, 0) is 19.6 Å². The number of carbonyl (C=O) groups is 2. The van der Waals surface area contributed by atoms with Crippen LogP contribution in [0, 0.1) is 0 Å². The largest absolute Gasteiger partial charge is 0.452 e. The Morgan fingerprint density at radius 3 is 2.21 bits per heavy atom. The number of hydrogen-bond acceptors (Lipinski definition) is 6. The van der Waals surface area contributed by atoms with Gasteiger partial charge in [-0.1, -0.05) is 33.1 Å². The molecule has 2 aliphatic rings. The van der Waals surface area contributed by atoms with Crippen molar-refractivity contribution in [1.82, 2.24) is 9.21 Å². The zero-order valence-electron chi connectivity index (χ0n) is 20.8. The highest BCUT2D eigenvalue weighted by Crippen LogP contribution is 2.29. The minimum absolute atomic E-state index is 0.0646. The minimum Gasteiger partial charge on any atom is -0.452 e. The Hall–Kier alpha value is -2.13. The van der Waals surface area contributed by atoms with Crippen LogP contribution in [-0.4, -0.2) is 74.9 Å². The molecule has 8 nitrogen and oxygen atoms in total. The monoisotopic (exact) mass is 493 g/mol. The molecule has 3 rings (SSSR count). The van der Waals surface area contributed by atoms with Crippen molar-refractivity contribution in [2.45, 2.75) is 76.7 Å². The number of benzene rings is 1. The van der Waals surface area contributed by atoms with Crippen molar-refractivity contribution in [3.63, 3.8) is 0 Å². The first kappa shape index (κ1) is 26.5. The maximum Gasteiger partial charge on any atom is 0.340 e. The highest BCUT2D eigenvalue weighted by atomic mass is 32.2. The van der Waals surface area contributed by atoms with E-state index in [1.165, 1.54) is 16.8 Å². The second kappa shape index (κ2) is 12.0. The Morgan fingerprint density at radius 1 is 0.971 bits per heavy atom. The molecule has 1 amide bonds. The summed E-state index contributed by atoms with van der Waals surface area (Å²) in [4.78, 5) is 30.0. The molecular formula is C25H39N3O5S. The van der Waals surface area contributed by atoms with Gasteiger partial charge in [-0.2, -0.15) is 4.31 Å². The lowest BCUT2D eigenvalue weighted by Crippen LogP contribution is -2.43. The van der Waals surface area contributed by atoms with Crippen molar-refractivity contribution < 1.29 is 22.7 Å². The van der Waals surface area contributed by atoms with Crippen molar-refractivity contribution >= 4 is 27.6 Å². The quantitative estimate of drug-likeness (QED) is 0.463. The Morgan fingerprint density at radius 2 is 1.62 bits per heavy atom. The fraction of sp³-hybridized carbons (Fsp3) is 0.680. The third-order valence-electron chi connectivity index (χ3n) is 6.98. The standard InChI is InChI=1S/C25H39N3O5S/c1-4-27(5-2)34(31,32)21-14-15-23(26-16-10-11-17-26)22(18-21)25(30)33-19-24(29)28(6-3)20-12-8-7-9-13-20/h14-15,18,20H,4-13,16-17,19H2,1-3H3. The van der Waals surface area contributed by atoms with E-state index in [1.54, 1.807) is 26.0 Å². The van der Waals surface area contributed by atoms with Crippen LogP contribution in [0.25, 0.3) is 0 Å². The molecule has 0 radical (unpaired) electrons. The predicted molar refractivity (Wildman–Crippen MR) is 133 cm³/mol. The third-order valence-corrected chi connectivity index (χ3v) is 9.03. The van der Waals surface area contributed by atoms with Crippen LogP contribution < -0.4 is 4.90 Å². The van der Waals surface area contributed by atoms with E-state index < -0.39 is 16.0 Å². The van der Waals surface area contributed by atoms with Gasteiger partial charge in [0.15, 0.2) is 6.61 Å². The highest BCUT2D eigenvalue weighted by Gasteiger charge is 2.29. The van der Waals surface area contributed by atoms with Crippen LogP contribution in [0.2, 0.25) is 0 Å². The van der Waals surface area contributed by atoms with Crippen LogP contribution in [0.5, 0.6) is 0 Å². The average molecular weight is 494 g/mol. The lowest BCUT2D eigenvalue weighted by molar-refractivity contribution is -0.137. The molecule has 1 heterocycles. The molecule has 1 aliphatic carbocycles. The Kier molecular flexibility index (Phi) is 9.36. The fourth-order valence-corrected chi connectivity index (χ4v) is 6.59. The second-order valence-corrected chi connectivity index (χ2v) is 10.9. The van der Waals surface area contributed by atoms with Crippen molar-refractivity contribution in [2.75, 3.05) is 44.2 Å². The summed E-state index contributed by atoms with van der Waals surface area (Å²) in [6.07, 6.45) is 7.42. The molecule has 0 N–H and O–H groups in total. The van der Waals surface area contributed by atoms with Gasteiger partial charge < -0.3 is 14.5 Å². The molecule has 0 unspecified atom stereocenters. The fourth-order valence-electron chi connectivity index (χ4n) is 5.10. The molecule has 2 fully saturated rings. The summed E-state index contributed by atoms with van der Waals surface area (Å²) in [7, 11) is -3.73. The Balaban J connectivity index is 1.82. The van der Waals surface area contributed by atoms with Crippen molar-refractivity contribution in [3.8, 4) is 0 Å². The molecule has 190 valence electrons. The summed E-state index contributed by atoms with van der Waals surface area (Å²) >= 11 is 0. The Bertz CT molecular complexity index is 949. The summed E-state index contributed by atoms with van der Waals surface area (Å²) in [6.45, 7) is 8.04. The maximum atomic E-state index is 13.2. The van der Waals surface area contributed by atoms with Gasteiger partial charge in [-0.25, -0.2) is 13.2 Å². The summed E-state index contributed by atoms with van der Waals surface area (Å²) < 4.78 is 33.0. The van der Waals surface area contributed by atoms with Crippen LogP contribution in [0.4, 0.5) is 5.69 Å². The number of likely N-dealkylation sites (N-methyl/N-ethyl adjacent to an activating group) is 1. The van der Waals surface area contributed by atoms with Gasteiger partial charge in [0.25, 0.3) is 5.91 Å². The van der Waals surface area contributed by atoms with Crippen molar-refractivity contribution in [1.29, 1.82) is 0 Å². The molecule has 0 aromatic heterocycles. The van der Waals surface area contributed by atoms with Crippen molar-refractivity contribution in [3.05, 3.63) is 23.8 Å². The number of hydrogen-bond donors (Lipinski definition) is 0. The van der Waals surface area contributed by atoms with Gasteiger partial charge in [0.2, 0.25) is 10.0 Å². The van der Waals surface area contributed by atoms with Crippen LogP contribution in [0.3, 0.4) is 0 Å². The second-order valence-electron chi connectivity index (χ2n) is 9.01. The van der Waals surface area contributed by atoms with Crippen LogP contribution in [0.1, 0.15) is 76.1 Å². The summed E-state index contributed by atoms with van der Waals surface area (Å²) in [5, 5.41) is 0. The van der Waals surface area contributed by atoms with Crippen LogP contribution >= 0.6 is 0 Å². The number of ether oxygens (including phenoxy) is 1. The molecule has 0 atom stereocenters. The summed E-state index contributed by atoms with van der Waals surface area (Å²) in [6, 6.07) is 4.87. The van der Waals surface area contributed by atoms with Gasteiger partial charge in [-0.05, 0) is 50.8 Å². The number of nitrogens with zero attached hydrogens (tertiary/aromatic N) is 3. The van der Waals surface area contributed by atoms with Gasteiger partial charge >= 0.3 is 5.97 Å². The van der Waals surface area contributed by atoms with Gasteiger partial charge in [-0.15, -0.1) is 0 Å². The van der Waals surface area contributed by atoms with E-state index in [1.807, 2.05) is 11.8 Å². The van der Waals surface area contributed by atoms with E-state index in [-0.39, 0.29) is 29.0 Å². The molecule has 1 aromatic carbocycles. The third kappa shape index (κ3) is 5.92. The SMILES string of the molecule is CCN(C(=O)COC(=O)c1cc(S(=O)(=O)N(CC)CC)ccc1N1CCCC1)C1CCCCC1. The number of anilines is 1. The molecule has 34 heavy (non-hydrogen) atoms. The molecule has 9 heteroatoms. The summed E-state index contributed by atoms with van der Waals surface area (Å²) in [5.41, 5.74) is 0.858. The highest BCUT2D eigenvalue weighted by molar-refractivity contribution is 7.89. The van der Waals surface area contributed by atoms with Gasteiger partial charge in [0.1, 0.15) is 0 Å². The lowest BCUT2D eigenvalue weighted by atomic mass is 9.94. The van der Waals surface area contributed by atoms with Crippen LogP contribution in [0.15, 0.2) is 23.1 Å². The molecule has 1 aromatic rings. The van der Waals surface area contributed by atoms with E-state index >= 15 is 0 Å². The van der Waals surface area contributed by atoms with Gasteiger partial charge in [-0.3, -0.25) is 4.79 Å². The predicted octanol–water partition coefficient (Wildman–Crippen LogP) is 3.66. The average Bonchev–Trinajstić information content (AvgIpc) is 3.39. The van der Waals surface area contributed by atoms with E-state index in [2.05, 4.69) is 4.90 Å².